The van der Waals surface area contributed by atoms with E-state index in [9.17, 15) is 4.79 Å². The average molecular weight is 359 g/mol. The Kier molecular flexibility index (Phi) is 3.14. The lowest BCUT2D eigenvalue weighted by Crippen LogP contribution is -2.22. The highest BCUT2D eigenvalue weighted by Crippen LogP contribution is 2.31. The fraction of sp³-hybridized carbons (Fsp3) is 0.105. The van der Waals surface area contributed by atoms with Gasteiger partial charge in [0.05, 0.1) is 11.2 Å². The van der Waals surface area contributed by atoms with Gasteiger partial charge in [-0.2, -0.15) is 4.68 Å². The molecule has 4 heterocycles. The van der Waals surface area contributed by atoms with Crippen LogP contribution in [0.3, 0.4) is 0 Å². The van der Waals surface area contributed by atoms with Gasteiger partial charge in [-0.3, -0.25) is 9.78 Å². The summed E-state index contributed by atoms with van der Waals surface area (Å²) in [6, 6.07) is 11.5. The Labute approximate surface area is 151 Å². The van der Waals surface area contributed by atoms with E-state index in [0.717, 1.165) is 32.4 Å². The van der Waals surface area contributed by atoms with Crippen LogP contribution in [-0.4, -0.2) is 25.0 Å². The highest BCUT2D eigenvalue weighted by molar-refractivity contribution is 7.25. The van der Waals surface area contributed by atoms with Gasteiger partial charge in [-0.1, -0.05) is 23.4 Å². The second kappa shape index (κ2) is 5.40. The molecule has 1 aromatic carbocycles. The number of para-hydroxylation sites is 1. The topological polar surface area (TPSA) is 73.6 Å². The van der Waals surface area contributed by atoms with Crippen LogP contribution in [0.25, 0.3) is 37.0 Å². The zero-order valence-corrected chi connectivity index (χ0v) is 14.9. The lowest BCUT2D eigenvalue weighted by molar-refractivity contribution is 0.743. The first-order valence-corrected chi connectivity index (χ1v) is 8.96. The summed E-state index contributed by atoms with van der Waals surface area (Å²) in [5.41, 5.74) is 3.74. The molecular formula is C19H13N5OS. The minimum absolute atomic E-state index is 0.201. The highest BCUT2D eigenvalue weighted by atomic mass is 32.1. The Hall–Kier alpha value is -3.19. The predicted octanol–water partition coefficient (Wildman–Crippen LogP) is 3.56. The number of benzene rings is 1. The van der Waals surface area contributed by atoms with E-state index in [0.29, 0.717) is 15.9 Å². The van der Waals surface area contributed by atoms with Crippen molar-refractivity contribution in [3.05, 3.63) is 64.2 Å². The van der Waals surface area contributed by atoms with Crippen LogP contribution in [0.15, 0.2) is 47.4 Å². The fourth-order valence-corrected chi connectivity index (χ4v) is 4.46. The Bertz CT molecular complexity index is 1380. The monoisotopic (exact) mass is 359 g/mol. The number of aromatic nitrogens is 5. The first-order chi connectivity index (χ1) is 12.6. The van der Waals surface area contributed by atoms with Crippen LogP contribution in [-0.2, 0) is 0 Å². The van der Waals surface area contributed by atoms with Crippen LogP contribution < -0.4 is 5.56 Å². The number of fused-ring (bicyclic) bond motifs is 4. The van der Waals surface area contributed by atoms with Crippen LogP contribution >= 0.6 is 11.3 Å². The van der Waals surface area contributed by atoms with Crippen LogP contribution in [0.1, 0.15) is 11.3 Å². The Morgan fingerprint density at radius 1 is 1.08 bits per heavy atom. The lowest BCUT2D eigenvalue weighted by Gasteiger charge is -2.06. The summed E-state index contributed by atoms with van der Waals surface area (Å²) in [5.74, 6) is 0. The minimum Gasteiger partial charge on any atom is -0.266 e. The molecule has 0 unspecified atom stereocenters. The van der Waals surface area contributed by atoms with Crippen molar-refractivity contribution in [2.45, 2.75) is 13.8 Å². The Morgan fingerprint density at radius 3 is 2.81 bits per heavy atom. The summed E-state index contributed by atoms with van der Waals surface area (Å²) in [7, 11) is 0. The van der Waals surface area contributed by atoms with Crippen molar-refractivity contribution in [1.29, 1.82) is 0 Å². The molecule has 4 aromatic heterocycles. The van der Waals surface area contributed by atoms with Gasteiger partial charge in [0.2, 0.25) is 0 Å². The van der Waals surface area contributed by atoms with Crippen molar-refractivity contribution in [2.24, 2.45) is 0 Å². The third-order valence-corrected chi connectivity index (χ3v) is 5.48. The minimum atomic E-state index is -0.201. The van der Waals surface area contributed by atoms with E-state index in [2.05, 4.69) is 20.3 Å². The molecule has 0 aliphatic carbocycles. The molecule has 7 heteroatoms. The van der Waals surface area contributed by atoms with Gasteiger partial charge in [0.15, 0.2) is 0 Å². The standard InChI is InChI=1S/C19H13N5OS/c1-10-9-11(2)21-18-14(10)16-17(26-18)19(25)24(23-22-16)13-7-3-5-12-6-4-8-20-15(12)13/h3-9H,1-2H3. The van der Waals surface area contributed by atoms with Crippen molar-refractivity contribution >= 4 is 42.7 Å². The second-order valence-electron chi connectivity index (χ2n) is 6.20. The van der Waals surface area contributed by atoms with Crippen LogP contribution in [0.2, 0.25) is 0 Å². The maximum Gasteiger partial charge on any atom is 0.292 e. The zero-order valence-electron chi connectivity index (χ0n) is 14.1. The third kappa shape index (κ3) is 2.07. The van der Waals surface area contributed by atoms with Gasteiger partial charge in [0, 0.05) is 22.7 Å². The first-order valence-electron chi connectivity index (χ1n) is 8.14. The van der Waals surface area contributed by atoms with Crippen LogP contribution in [0.5, 0.6) is 0 Å². The molecule has 0 N–H and O–H groups in total. The quantitative estimate of drug-likeness (QED) is 0.457. The maximum absolute atomic E-state index is 13.2. The fourth-order valence-electron chi connectivity index (χ4n) is 3.31. The van der Waals surface area contributed by atoms with Crippen LogP contribution in [0.4, 0.5) is 0 Å². The van der Waals surface area contributed by atoms with Crippen LogP contribution in [0, 0.1) is 13.8 Å². The van der Waals surface area contributed by atoms with Gasteiger partial charge in [0.25, 0.3) is 5.56 Å². The number of aryl methyl sites for hydroxylation is 2. The summed E-state index contributed by atoms with van der Waals surface area (Å²) < 4.78 is 1.89. The van der Waals surface area contributed by atoms with Crippen molar-refractivity contribution in [3.63, 3.8) is 0 Å². The number of pyridine rings is 2. The normalized spacial score (nSPS) is 11.6. The van der Waals surface area contributed by atoms with Gasteiger partial charge in [-0.15, -0.1) is 16.4 Å². The van der Waals surface area contributed by atoms with Gasteiger partial charge < -0.3 is 0 Å². The molecule has 0 radical (unpaired) electrons. The molecular weight excluding hydrogens is 346 g/mol. The van der Waals surface area contributed by atoms with Crippen molar-refractivity contribution in [1.82, 2.24) is 25.0 Å². The molecule has 6 nitrogen and oxygen atoms in total. The van der Waals surface area contributed by atoms with E-state index in [-0.39, 0.29) is 5.56 Å². The Morgan fingerprint density at radius 2 is 1.92 bits per heavy atom. The summed E-state index contributed by atoms with van der Waals surface area (Å²) in [5, 5.41) is 10.4. The van der Waals surface area contributed by atoms with E-state index >= 15 is 0 Å². The van der Waals surface area contributed by atoms with E-state index < -0.39 is 0 Å². The smallest absolute Gasteiger partial charge is 0.266 e. The molecule has 126 valence electrons. The number of thiophene rings is 1. The number of rotatable bonds is 1. The zero-order chi connectivity index (χ0) is 17.8. The highest BCUT2D eigenvalue weighted by Gasteiger charge is 2.17. The van der Waals surface area contributed by atoms with Gasteiger partial charge in [-0.05, 0) is 37.6 Å². The third-order valence-electron chi connectivity index (χ3n) is 4.42. The number of hydrogen-bond acceptors (Lipinski definition) is 6. The molecule has 0 spiro atoms. The first kappa shape index (κ1) is 15.1. The summed E-state index contributed by atoms with van der Waals surface area (Å²) in [4.78, 5) is 22.9. The summed E-state index contributed by atoms with van der Waals surface area (Å²) >= 11 is 1.36. The van der Waals surface area contributed by atoms with E-state index in [1.54, 1.807) is 6.20 Å². The molecule has 0 saturated heterocycles. The lowest BCUT2D eigenvalue weighted by atomic mass is 10.1. The number of hydrogen-bond donors (Lipinski definition) is 0. The molecule has 0 aliphatic heterocycles. The SMILES string of the molecule is Cc1cc(C)c2c(n1)sc1c(=O)n(-c3cccc4cccnc34)nnc12. The summed E-state index contributed by atoms with van der Waals surface area (Å²) in [6.45, 7) is 3.95. The molecule has 5 rings (SSSR count). The molecule has 26 heavy (non-hydrogen) atoms. The molecule has 0 saturated carbocycles. The van der Waals surface area contributed by atoms with Crippen molar-refractivity contribution in [2.75, 3.05) is 0 Å². The van der Waals surface area contributed by atoms with Crippen molar-refractivity contribution < 1.29 is 0 Å². The second-order valence-corrected chi connectivity index (χ2v) is 7.20. The summed E-state index contributed by atoms with van der Waals surface area (Å²) in [6.07, 6.45) is 1.71. The van der Waals surface area contributed by atoms with E-state index in [1.165, 1.54) is 16.0 Å². The molecule has 0 bridgehead atoms. The van der Waals surface area contributed by atoms with E-state index in [4.69, 9.17) is 0 Å². The average Bonchev–Trinajstić information content (AvgIpc) is 3.01. The van der Waals surface area contributed by atoms with Crippen molar-refractivity contribution in [3.8, 4) is 5.69 Å². The molecule has 0 fully saturated rings. The largest absolute Gasteiger partial charge is 0.292 e. The van der Waals surface area contributed by atoms with Gasteiger partial charge >= 0.3 is 0 Å². The number of nitrogens with zero attached hydrogens (tertiary/aromatic N) is 5. The molecule has 0 atom stereocenters. The molecule has 0 amide bonds. The predicted molar refractivity (Wildman–Crippen MR) is 103 cm³/mol. The maximum atomic E-state index is 13.2. The van der Waals surface area contributed by atoms with Gasteiger partial charge in [-0.25, -0.2) is 4.98 Å². The molecule has 0 aliphatic rings. The van der Waals surface area contributed by atoms with Gasteiger partial charge in [0.1, 0.15) is 15.0 Å². The Balaban J connectivity index is 1.88. The van der Waals surface area contributed by atoms with E-state index in [1.807, 2.05) is 50.2 Å². The molecule has 5 aromatic rings.